The zero-order chi connectivity index (χ0) is 21.0. The van der Waals surface area contributed by atoms with Crippen LogP contribution in [-0.4, -0.2) is 32.8 Å². The number of methoxy groups -OCH3 is 1. The van der Waals surface area contributed by atoms with Crippen molar-refractivity contribution in [3.8, 4) is 16.2 Å². The number of hydrogen-bond donors (Lipinski definition) is 2. The lowest BCUT2D eigenvalue weighted by Crippen LogP contribution is -2.19. The minimum Gasteiger partial charge on any atom is -0.497 e. The number of anilines is 2. The van der Waals surface area contributed by atoms with Gasteiger partial charge in [0, 0.05) is 24.7 Å². The molecule has 1 heterocycles. The molecular weight excluding hydrogens is 384 g/mol. The molecule has 0 atom stereocenters. The smallest absolute Gasteiger partial charge is 0.283 e. The summed E-state index contributed by atoms with van der Waals surface area (Å²) in [5.74, 6) is 0.455. The lowest BCUT2D eigenvalue weighted by molar-refractivity contribution is 0.0959. The van der Waals surface area contributed by atoms with Gasteiger partial charge < -0.3 is 15.4 Å². The van der Waals surface area contributed by atoms with Crippen LogP contribution in [0.1, 0.15) is 22.2 Å². The van der Waals surface area contributed by atoms with Crippen molar-refractivity contribution in [1.29, 1.82) is 0 Å². The van der Waals surface area contributed by atoms with E-state index in [2.05, 4.69) is 10.5 Å². The zero-order valence-electron chi connectivity index (χ0n) is 16.9. The van der Waals surface area contributed by atoms with E-state index in [-0.39, 0.29) is 5.91 Å². The molecule has 29 heavy (non-hydrogen) atoms. The number of nitrogens with zero attached hydrogens (tertiary/aromatic N) is 2. The van der Waals surface area contributed by atoms with E-state index in [0.717, 1.165) is 27.4 Å². The summed E-state index contributed by atoms with van der Waals surface area (Å²) >= 11 is 1.33. The van der Waals surface area contributed by atoms with Gasteiger partial charge in [0.05, 0.1) is 18.5 Å². The van der Waals surface area contributed by atoms with Gasteiger partial charge in [-0.05, 0) is 60.5 Å². The van der Waals surface area contributed by atoms with Gasteiger partial charge in [0.15, 0.2) is 0 Å². The van der Waals surface area contributed by atoms with Crippen molar-refractivity contribution in [2.24, 2.45) is 5.10 Å². The standard InChI is InChI=1S/C22H24N4O2S/c1-14(15-5-9-17(10-6-15)26(2)3)24-25-22(27)21-19(23)13-20(29-21)16-7-11-18(28-4)12-8-16/h5-13H,23H2,1-4H3,(H,25,27)/b24-14-. The number of rotatable bonds is 6. The molecule has 0 spiro atoms. The third kappa shape index (κ3) is 4.75. The average Bonchev–Trinajstić information content (AvgIpc) is 3.13. The van der Waals surface area contributed by atoms with Crippen molar-refractivity contribution in [3.63, 3.8) is 0 Å². The highest BCUT2D eigenvalue weighted by Gasteiger charge is 2.15. The highest BCUT2D eigenvalue weighted by molar-refractivity contribution is 7.18. The zero-order valence-corrected chi connectivity index (χ0v) is 17.7. The van der Waals surface area contributed by atoms with Gasteiger partial charge in [0.2, 0.25) is 0 Å². The highest BCUT2D eigenvalue weighted by atomic mass is 32.1. The van der Waals surface area contributed by atoms with Crippen LogP contribution in [0.15, 0.2) is 59.7 Å². The van der Waals surface area contributed by atoms with Crippen molar-refractivity contribution >= 4 is 34.3 Å². The Labute approximate surface area is 174 Å². The lowest BCUT2D eigenvalue weighted by atomic mass is 10.1. The fraction of sp³-hybridized carbons (Fsp3) is 0.182. The van der Waals surface area contributed by atoms with E-state index in [1.807, 2.05) is 74.4 Å². The number of carbonyl (C=O) groups is 1. The molecule has 1 aromatic heterocycles. The number of nitrogens with one attached hydrogen (secondary N) is 1. The summed E-state index contributed by atoms with van der Waals surface area (Å²) in [5, 5.41) is 4.23. The van der Waals surface area contributed by atoms with Gasteiger partial charge in [-0.25, -0.2) is 5.43 Å². The van der Waals surface area contributed by atoms with Crippen molar-refractivity contribution < 1.29 is 9.53 Å². The Balaban J connectivity index is 1.73. The number of nitrogens with two attached hydrogens (primary N) is 1. The van der Waals surface area contributed by atoms with Crippen molar-refractivity contribution in [2.75, 3.05) is 31.8 Å². The third-order valence-electron chi connectivity index (χ3n) is 4.47. The number of carbonyl (C=O) groups excluding carboxylic acids is 1. The first kappa shape index (κ1) is 20.4. The largest absolute Gasteiger partial charge is 0.497 e. The molecule has 150 valence electrons. The molecule has 3 N–H and O–H groups in total. The molecule has 3 rings (SSSR count). The summed E-state index contributed by atoms with van der Waals surface area (Å²) in [7, 11) is 5.60. The summed E-state index contributed by atoms with van der Waals surface area (Å²) in [6, 6.07) is 17.4. The molecular formula is C22H24N4O2S. The van der Waals surface area contributed by atoms with Gasteiger partial charge in [-0.1, -0.05) is 12.1 Å². The Hall–Kier alpha value is -3.32. The number of amides is 1. The van der Waals surface area contributed by atoms with Crippen LogP contribution in [0.3, 0.4) is 0 Å². The number of thiophene rings is 1. The van der Waals surface area contributed by atoms with Gasteiger partial charge >= 0.3 is 0 Å². The van der Waals surface area contributed by atoms with Gasteiger partial charge in [-0.15, -0.1) is 11.3 Å². The fourth-order valence-electron chi connectivity index (χ4n) is 2.73. The lowest BCUT2D eigenvalue weighted by Gasteiger charge is -2.12. The molecule has 7 heteroatoms. The molecule has 0 fully saturated rings. The van der Waals surface area contributed by atoms with E-state index in [9.17, 15) is 4.79 Å². The second-order valence-electron chi connectivity index (χ2n) is 6.70. The average molecular weight is 409 g/mol. The number of benzene rings is 2. The van der Waals surface area contributed by atoms with Crippen LogP contribution in [0.25, 0.3) is 10.4 Å². The Morgan fingerprint density at radius 2 is 1.76 bits per heavy atom. The summed E-state index contributed by atoms with van der Waals surface area (Å²) in [4.78, 5) is 16.0. The maximum absolute atomic E-state index is 12.6. The van der Waals surface area contributed by atoms with E-state index >= 15 is 0 Å². The van der Waals surface area contributed by atoms with Crippen LogP contribution in [-0.2, 0) is 0 Å². The summed E-state index contributed by atoms with van der Waals surface area (Å²) in [6.07, 6.45) is 0. The summed E-state index contributed by atoms with van der Waals surface area (Å²) in [5.41, 5.74) is 12.8. The van der Waals surface area contributed by atoms with Gasteiger partial charge in [0.1, 0.15) is 10.6 Å². The Morgan fingerprint density at radius 1 is 1.10 bits per heavy atom. The van der Waals surface area contributed by atoms with Crippen LogP contribution in [0.4, 0.5) is 11.4 Å². The molecule has 0 bridgehead atoms. The minimum atomic E-state index is -0.323. The van der Waals surface area contributed by atoms with Crippen LogP contribution < -0.4 is 20.8 Å². The van der Waals surface area contributed by atoms with Crippen LogP contribution in [0.5, 0.6) is 5.75 Å². The minimum absolute atomic E-state index is 0.323. The van der Waals surface area contributed by atoms with Gasteiger partial charge in [-0.2, -0.15) is 5.10 Å². The van der Waals surface area contributed by atoms with E-state index < -0.39 is 0 Å². The normalized spacial score (nSPS) is 11.2. The first-order valence-corrected chi connectivity index (χ1v) is 9.87. The van der Waals surface area contributed by atoms with Crippen LogP contribution in [0, 0.1) is 0 Å². The summed E-state index contributed by atoms with van der Waals surface area (Å²) in [6.45, 7) is 1.85. The van der Waals surface area contributed by atoms with E-state index in [4.69, 9.17) is 10.5 Å². The van der Waals surface area contributed by atoms with E-state index in [1.165, 1.54) is 11.3 Å². The second kappa shape index (κ2) is 8.79. The fourth-order valence-corrected chi connectivity index (χ4v) is 3.71. The first-order valence-electron chi connectivity index (χ1n) is 9.05. The maximum atomic E-state index is 12.6. The Bertz CT molecular complexity index is 1020. The molecule has 2 aromatic carbocycles. The van der Waals surface area contributed by atoms with E-state index in [1.54, 1.807) is 13.2 Å². The van der Waals surface area contributed by atoms with Gasteiger partial charge in [0.25, 0.3) is 5.91 Å². The highest BCUT2D eigenvalue weighted by Crippen LogP contribution is 2.34. The molecule has 3 aromatic rings. The molecule has 0 aliphatic rings. The monoisotopic (exact) mass is 408 g/mol. The Morgan fingerprint density at radius 3 is 2.34 bits per heavy atom. The topological polar surface area (TPSA) is 79.9 Å². The SMILES string of the molecule is COc1ccc(-c2cc(N)c(C(=O)N/N=C(/C)c3ccc(N(C)C)cc3)s2)cc1. The molecule has 0 saturated heterocycles. The third-order valence-corrected chi connectivity index (χ3v) is 5.67. The first-order chi connectivity index (χ1) is 13.9. The molecule has 6 nitrogen and oxygen atoms in total. The number of hydrazone groups is 1. The molecule has 0 aliphatic heterocycles. The van der Waals surface area contributed by atoms with Crippen LogP contribution in [0.2, 0.25) is 0 Å². The Kier molecular flexibility index (Phi) is 6.19. The van der Waals surface area contributed by atoms with Crippen molar-refractivity contribution in [2.45, 2.75) is 6.92 Å². The molecule has 0 unspecified atom stereocenters. The van der Waals surface area contributed by atoms with Gasteiger partial charge in [-0.3, -0.25) is 4.79 Å². The molecule has 0 aliphatic carbocycles. The number of ether oxygens (including phenoxy) is 1. The second-order valence-corrected chi connectivity index (χ2v) is 7.76. The summed E-state index contributed by atoms with van der Waals surface area (Å²) < 4.78 is 5.18. The van der Waals surface area contributed by atoms with Crippen molar-refractivity contribution in [1.82, 2.24) is 5.43 Å². The van der Waals surface area contributed by atoms with Crippen molar-refractivity contribution in [3.05, 3.63) is 65.0 Å². The maximum Gasteiger partial charge on any atom is 0.283 e. The predicted octanol–water partition coefficient (Wildman–Crippen LogP) is 4.23. The molecule has 1 amide bonds. The molecule has 0 saturated carbocycles. The predicted molar refractivity (Wildman–Crippen MR) is 121 cm³/mol. The number of hydrogen-bond acceptors (Lipinski definition) is 6. The van der Waals surface area contributed by atoms with E-state index in [0.29, 0.717) is 16.3 Å². The molecule has 0 radical (unpaired) electrons. The number of nitrogen functional groups attached to an aromatic ring is 1. The quantitative estimate of drug-likeness (QED) is 0.473. The van der Waals surface area contributed by atoms with Crippen LogP contribution >= 0.6 is 11.3 Å².